The summed E-state index contributed by atoms with van der Waals surface area (Å²) in [4.78, 5) is 12.2. The van der Waals surface area contributed by atoms with Crippen molar-refractivity contribution in [3.8, 4) is 5.75 Å². The van der Waals surface area contributed by atoms with Crippen LogP contribution in [-0.2, 0) is 6.54 Å². The SMILES string of the molecule is CCn1c(C)cc(C(=O)COc2cccc(F)c2)c1C. The van der Waals surface area contributed by atoms with Crippen LogP contribution in [-0.4, -0.2) is 17.0 Å². The van der Waals surface area contributed by atoms with E-state index in [1.807, 2.05) is 26.8 Å². The van der Waals surface area contributed by atoms with Gasteiger partial charge in [0.05, 0.1) is 0 Å². The molecule has 0 atom stereocenters. The molecule has 0 amide bonds. The monoisotopic (exact) mass is 275 g/mol. The Balaban J connectivity index is 2.09. The molecule has 0 N–H and O–H groups in total. The first kappa shape index (κ1) is 14.3. The van der Waals surface area contributed by atoms with Gasteiger partial charge in [-0.1, -0.05) is 6.07 Å². The zero-order chi connectivity index (χ0) is 14.7. The number of ether oxygens (including phenoxy) is 1. The third-order valence-electron chi connectivity index (χ3n) is 3.36. The van der Waals surface area contributed by atoms with Crippen LogP contribution in [0.15, 0.2) is 30.3 Å². The Morgan fingerprint density at radius 2 is 2.05 bits per heavy atom. The highest BCUT2D eigenvalue weighted by Gasteiger charge is 2.15. The van der Waals surface area contributed by atoms with Crippen molar-refractivity contribution in [1.29, 1.82) is 0 Å². The van der Waals surface area contributed by atoms with Gasteiger partial charge in [0.1, 0.15) is 11.6 Å². The fourth-order valence-corrected chi connectivity index (χ4v) is 2.35. The van der Waals surface area contributed by atoms with Gasteiger partial charge >= 0.3 is 0 Å². The van der Waals surface area contributed by atoms with Crippen molar-refractivity contribution in [3.63, 3.8) is 0 Å². The van der Waals surface area contributed by atoms with E-state index in [-0.39, 0.29) is 18.2 Å². The molecule has 0 fully saturated rings. The summed E-state index contributed by atoms with van der Waals surface area (Å²) in [7, 11) is 0. The van der Waals surface area contributed by atoms with Crippen LogP contribution in [0.4, 0.5) is 4.39 Å². The van der Waals surface area contributed by atoms with E-state index in [0.29, 0.717) is 11.3 Å². The van der Waals surface area contributed by atoms with Gasteiger partial charge in [-0.15, -0.1) is 0 Å². The maximum absolute atomic E-state index is 13.0. The molecule has 3 nitrogen and oxygen atoms in total. The quantitative estimate of drug-likeness (QED) is 0.782. The van der Waals surface area contributed by atoms with Gasteiger partial charge in [0.25, 0.3) is 0 Å². The smallest absolute Gasteiger partial charge is 0.202 e. The Morgan fingerprint density at radius 1 is 1.30 bits per heavy atom. The number of carbonyl (C=O) groups is 1. The molecule has 0 radical (unpaired) electrons. The summed E-state index contributed by atoms with van der Waals surface area (Å²) in [5, 5.41) is 0. The predicted molar refractivity (Wildman–Crippen MR) is 75.8 cm³/mol. The predicted octanol–water partition coefficient (Wildman–Crippen LogP) is 3.53. The number of hydrogen-bond acceptors (Lipinski definition) is 2. The van der Waals surface area contributed by atoms with Crippen molar-refractivity contribution in [3.05, 3.63) is 53.1 Å². The van der Waals surface area contributed by atoms with E-state index in [1.54, 1.807) is 12.1 Å². The second-order valence-electron chi connectivity index (χ2n) is 4.70. The number of ketones is 1. The Hall–Kier alpha value is -2.10. The minimum atomic E-state index is -0.376. The van der Waals surface area contributed by atoms with Gasteiger partial charge in [0.15, 0.2) is 6.61 Å². The number of halogens is 1. The number of aryl methyl sites for hydroxylation is 1. The highest BCUT2D eigenvalue weighted by molar-refractivity contribution is 5.98. The summed E-state index contributed by atoms with van der Waals surface area (Å²) in [5.74, 6) is -0.108. The first-order valence-electron chi connectivity index (χ1n) is 6.61. The minimum Gasteiger partial charge on any atom is -0.485 e. The fraction of sp³-hybridized carbons (Fsp3) is 0.312. The van der Waals surface area contributed by atoms with Gasteiger partial charge in [0, 0.05) is 29.6 Å². The molecule has 0 unspecified atom stereocenters. The standard InChI is InChI=1S/C16H18FNO2/c1-4-18-11(2)8-15(12(18)3)16(19)10-20-14-7-5-6-13(17)9-14/h5-9H,4,10H2,1-3H3. The molecule has 106 valence electrons. The van der Waals surface area contributed by atoms with E-state index in [0.717, 1.165) is 17.9 Å². The molecule has 1 aromatic heterocycles. The Bertz CT molecular complexity index is 631. The molecule has 0 aliphatic carbocycles. The Kier molecular flexibility index (Phi) is 4.23. The lowest BCUT2D eigenvalue weighted by molar-refractivity contribution is 0.0920. The first-order valence-corrected chi connectivity index (χ1v) is 6.61. The van der Waals surface area contributed by atoms with Gasteiger partial charge in [-0.25, -0.2) is 4.39 Å². The third-order valence-corrected chi connectivity index (χ3v) is 3.36. The van der Waals surface area contributed by atoms with E-state index >= 15 is 0 Å². The van der Waals surface area contributed by atoms with Crippen molar-refractivity contribution >= 4 is 5.78 Å². The lowest BCUT2D eigenvalue weighted by Crippen LogP contribution is -2.13. The summed E-state index contributed by atoms with van der Waals surface area (Å²) >= 11 is 0. The van der Waals surface area contributed by atoms with E-state index in [2.05, 4.69) is 4.57 Å². The first-order chi connectivity index (χ1) is 9.52. The van der Waals surface area contributed by atoms with Crippen LogP contribution in [0.2, 0.25) is 0 Å². The van der Waals surface area contributed by atoms with Crippen LogP contribution in [0.5, 0.6) is 5.75 Å². The molecule has 2 rings (SSSR count). The molecule has 0 saturated carbocycles. The van der Waals surface area contributed by atoms with E-state index in [4.69, 9.17) is 4.74 Å². The van der Waals surface area contributed by atoms with Crippen LogP contribution in [0.1, 0.15) is 28.7 Å². The Labute approximate surface area is 118 Å². The maximum atomic E-state index is 13.0. The molecule has 20 heavy (non-hydrogen) atoms. The van der Waals surface area contributed by atoms with E-state index in [9.17, 15) is 9.18 Å². The van der Waals surface area contributed by atoms with Crippen LogP contribution >= 0.6 is 0 Å². The van der Waals surface area contributed by atoms with Gasteiger partial charge in [0.2, 0.25) is 5.78 Å². The third kappa shape index (κ3) is 2.90. The van der Waals surface area contributed by atoms with Crippen molar-refractivity contribution in [2.75, 3.05) is 6.61 Å². The Morgan fingerprint density at radius 3 is 2.65 bits per heavy atom. The number of Topliss-reactive ketones (excluding diaryl/α,β-unsaturated/α-hetero) is 1. The summed E-state index contributed by atoms with van der Waals surface area (Å²) in [6.07, 6.45) is 0. The maximum Gasteiger partial charge on any atom is 0.202 e. The number of aromatic nitrogens is 1. The van der Waals surface area contributed by atoms with Crippen molar-refractivity contribution < 1.29 is 13.9 Å². The molecule has 0 saturated heterocycles. The average molecular weight is 275 g/mol. The fourth-order valence-electron chi connectivity index (χ4n) is 2.35. The number of carbonyl (C=O) groups excluding carboxylic acids is 1. The summed E-state index contributed by atoms with van der Waals surface area (Å²) in [6, 6.07) is 7.66. The van der Waals surface area contributed by atoms with Crippen molar-refractivity contribution in [1.82, 2.24) is 4.57 Å². The molecular formula is C16H18FNO2. The topological polar surface area (TPSA) is 31.2 Å². The average Bonchev–Trinajstić information content (AvgIpc) is 2.71. The molecule has 0 aliphatic heterocycles. The zero-order valence-electron chi connectivity index (χ0n) is 11.9. The number of nitrogens with zero attached hydrogens (tertiary/aromatic N) is 1. The molecule has 0 bridgehead atoms. The van der Waals surface area contributed by atoms with Crippen LogP contribution in [0.25, 0.3) is 0 Å². The van der Waals surface area contributed by atoms with Crippen molar-refractivity contribution in [2.24, 2.45) is 0 Å². The second kappa shape index (κ2) is 5.90. The number of hydrogen-bond donors (Lipinski definition) is 0. The lowest BCUT2D eigenvalue weighted by atomic mass is 10.1. The second-order valence-corrected chi connectivity index (χ2v) is 4.70. The highest BCUT2D eigenvalue weighted by atomic mass is 19.1. The van der Waals surface area contributed by atoms with Gasteiger partial charge in [-0.3, -0.25) is 4.79 Å². The van der Waals surface area contributed by atoms with Crippen LogP contribution in [0.3, 0.4) is 0 Å². The number of rotatable bonds is 5. The van der Waals surface area contributed by atoms with Crippen molar-refractivity contribution in [2.45, 2.75) is 27.3 Å². The highest BCUT2D eigenvalue weighted by Crippen LogP contribution is 2.17. The summed E-state index contributed by atoms with van der Waals surface area (Å²) in [5.41, 5.74) is 2.66. The van der Waals surface area contributed by atoms with Crippen LogP contribution < -0.4 is 4.74 Å². The van der Waals surface area contributed by atoms with Gasteiger partial charge < -0.3 is 9.30 Å². The largest absolute Gasteiger partial charge is 0.485 e. The molecule has 4 heteroatoms. The van der Waals surface area contributed by atoms with Gasteiger partial charge in [-0.05, 0) is 39.0 Å². The van der Waals surface area contributed by atoms with Gasteiger partial charge in [-0.2, -0.15) is 0 Å². The minimum absolute atomic E-state index is 0.0859. The molecule has 0 spiro atoms. The molecule has 1 aromatic carbocycles. The zero-order valence-corrected chi connectivity index (χ0v) is 11.9. The summed E-state index contributed by atoms with van der Waals surface area (Å²) in [6.45, 7) is 6.68. The molecular weight excluding hydrogens is 257 g/mol. The molecule has 1 heterocycles. The lowest BCUT2D eigenvalue weighted by Gasteiger charge is -2.07. The van der Waals surface area contributed by atoms with E-state index < -0.39 is 0 Å². The molecule has 2 aromatic rings. The van der Waals surface area contributed by atoms with E-state index in [1.165, 1.54) is 12.1 Å². The summed E-state index contributed by atoms with van der Waals surface area (Å²) < 4.78 is 20.4. The van der Waals surface area contributed by atoms with Crippen LogP contribution in [0, 0.1) is 19.7 Å². The molecule has 0 aliphatic rings. The normalized spacial score (nSPS) is 10.6. The number of benzene rings is 1.